The van der Waals surface area contributed by atoms with Crippen LogP contribution in [0.4, 0.5) is 13.2 Å². The molecule has 0 amide bonds. The van der Waals surface area contributed by atoms with Crippen molar-refractivity contribution < 1.29 is 17.9 Å². The average molecular weight is 233 g/mol. The Labute approximate surface area is 92.4 Å². The van der Waals surface area contributed by atoms with Gasteiger partial charge in [0.05, 0.1) is 6.61 Å². The van der Waals surface area contributed by atoms with Crippen LogP contribution in [0.3, 0.4) is 0 Å². The Morgan fingerprint density at radius 1 is 1.06 bits per heavy atom. The Morgan fingerprint density at radius 2 is 1.75 bits per heavy atom. The van der Waals surface area contributed by atoms with E-state index in [-0.39, 0.29) is 5.56 Å². The summed E-state index contributed by atoms with van der Waals surface area (Å²) in [7, 11) is 1.58. The first-order valence-electron chi connectivity index (χ1n) is 4.98. The van der Waals surface area contributed by atoms with Crippen LogP contribution in [0.25, 0.3) is 0 Å². The van der Waals surface area contributed by atoms with Gasteiger partial charge in [0.15, 0.2) is 11.6 Å². The third kappa shape index (κ3) is 3.83. The van der Waals surface area contributed by atoms with Crippen LogP contribution in [0, 0.1) is 17.5 Å². The standard InChI is InChI=1S/C11H14F3NO/c1-16-5-4-15-3-2-8-6-10(13)11(14)7-9(8)12/h6-7,15H,2-5H2,1H3. The lowest BCUT2D eigenvalue weighted by Crippen LogP contribution is -2.22. The monoisotopic (exact) mass is 233 g/mol. The second kappa shape index (κ2) is 6.50. The molecule has 0 saturated heterocycles. The van der Waals surface area contributed by atoms with E-state index in [1.165, 1.54) is 0 Å². The van der Waals surface area contributed by atoms with Gasteiger partial charge < -0.3 is 10.1 Å². The summed E-state index contributed by atoms with van der Waals surface area (Å²) in [5.41, 5.74) is 0.170. The fourth-order valence-corrected chi connectivity index (χ4v) is 1.28. The Morgan fingerprint density at radius 3 is 2.44 bits per heavy atom. The zero-order chi connectivity index (χ0) is 12.0. The van der Waals surface area contributed by atoms with Crippen molar-refractivity contribution in [1.82, 2.24) is 5.32 Å². The molecule has 5 heteroatoms. The van der Waals surface area contributed by atoms with Crippen LogP contribution in [-0.2, 0) is 11.2 Å². The fraction of sp³-hybridized carbons (Fsp3) is 0.455. The van der Waals surface area contributed by atoms with Crippen molar-refractivity contribution in [2.45, 2.75) is 6.42 Å². The maximum Gasteiger partial charge on any atom is 0.161 e. The summed E-state index contributed by atoms with van der Waals surface area (Å²) in [6.07, 6.45) is 0.312. The molecular formula is C11H14F3NO. The first-order valence-corrected chi connectivity index (χ1v) is 4.98. The molecule has 0 aliphatic rings. The Hall–Kier alpha value is -1.07. The van der Waals surface area contributed by atoms with Crippen molar-refractivity contribution in [3.05, 3.63) is 35.1 Å². The predicted octanol–water partition coefficient (Wildman–Crippen LogP) is 1.88. The Kier molecular flexibility index (Phi) is 5.28. The molecule has 0 unspecified atom stereocenters. The Bertz CT molecular complexity index is 344. The lowest BCUT2D eigenvalue weighted by Gasteiger charge is -2.06. The molecule has 0 radical (unpaired) electrons. The van der Waals surface area contributed by atoms with E-state index in [9.17, 15) is 13.2 Å². The van der Waals surface area contributed by atoms with E-state index < -0.39 is 17.5 Å². The van der Waals surface area contributed by atoms with Crippen LogP contribution < -0.4 is 5.32 Å². The van der Waals surface area contributed by atoms with E-state index in [0.717, 1.165) is 6.07 Å². The minimum Gasteiger partial charge on any atom is -0.383 e. The number of nitrogens with one attached hydrogen (secondary N) is 1. The van der Waals surface area contributed by atoms with Gasteiger partial charge >= 0.3 is 0 Å². The van der Waals surface area contributed by atoms with Crippen molar-refractivity contribution in [3.8, 4) is 0 Å². The maximum absolute atomic E-state index is 13.1. The van der Waals surface area contributed by atoms with Crippen molar-refractivity contribution in [2.75, 3.05) is 26.8 Å². The molecule has 0 fully saturated rings. The summed E-state index contributed by atoms with van der Waals surface area (Å²) < 4.78 is 43.4. The van der Waals surface area contributed by atoms with Gasteiger partial charge in [0, 0.05) is 19.7 Å². The summed E-state index contributed by atoms with van der Waals surface area (Å²) in [6.45, 7) is 1.69. The first-order chi connectivity index (χ1) is 7.65. The van der Waals surface area contributed by atoms with E-state index in [2.05, 4.69) is 5.32 Å². The van der Waals surface area contributed by atoms with E-state index in [1.807, 2.05) is 0 Å². The number of hydrogen-bond acceptors (Lipinski definition) is 2. The average Bonchev–Trinajstić information content (AvgIpc) is 2.25. The van der Waals surface area contributed by atoms with Crippen LogP contribution >= 0.6 is 0 Å². The molecule has 1 aromatic carbocycles. The molecule has 0 saturated carbocycles. The summed E-state index contributed by atoms with van der Waals surface area (Å²) in [5, 5.41) is 2.99. The molecule has 2 nitrogen and oxygen atoms in total. The third-order valence-electron chi connectivity index (χ3n) is 2.14. The lowest BCUT2D eigenvalue weighted by molar-refractivity contribution is 0.199. The highest BCUT2D eigenvalue weighted by atomic mass is 19.2. The van der Waals surface area contributed by atoms with E-state index in [0.29, 0.717) is 32.2 Å². The van der Waals surface area contributed by atoms with Gasteiger partial charge in [-0.1, -0.05) is 0 Å². The molecule has 1 aromatic rings. The molecule has 1 rings (SSSR count). The van der Waals surface area contributed by atoms with Crippen LogP contribution in [0.5, 0.6) is 0 Å². The van der Waals surface area contributed by atoms with Gasteiger partial charge in [0.1, 0.15) is 5.82 Å². The number of rotatable bonds is 6. The highest BCUT2D eigenvalue weighted by molar-refractivity contribution is 5.20. The molecule has 90 valence electrons. The summed E-state index contributed by atoms with van der Waals surface area (Å²) >= 11 is 0. The highest BCUT2D eigenvalue weighted by Gasteiger charge is 2.08. The first kappa shape index (κ1) is 13.0. The second-order valence-electron chi connectivity index (χ2n) is 3.35. The topological polar surface area (TPSA) is 21.3 Å². The summed E-state index contributed by atoms with van der Waals surface area (Å²) in [5.74, 6) is -2.89. The molecule has 16 heavy (non-hydrogen) atoms. The smallest absolute Gasteiger partial charge is 0.161 e. The van der Waals surface area contributed by atoms with Crippen molar-refractivity contribution in [3.63, 3.8) is 0 Å². The van der Waals surface area contributed by atoms with Crippen LogP contribution in [0.2, 0.25) is 0 Å². The molecule has 0 heterocycles. The second-order valence-corrected chi connectivity index (χ2v) is 3.35. The highest BCUT2D eigenvalue weighted by Crippen LogP contribution is 2.13. The molecule has 0 aliphatic carbocycles. The van der Waals surface area contributed by atoms with Gasteiger partial charge in [-0.05, 0) is 24.6 Å². The molecule has 0 bridgehead atoms. The molecule has 0 aliphatic heterocycles. The number of halogens is 3. The molecule has 0 aromatic heterocycles. The van der Waals surface area contributed by atoms with E-state index >= 15 is 0 Å². The minimum atomic E-state index is -1.16. The van der Waals surface area contributed by atoms with Crippen molar-refractivity contribution in [2.24, 2.45) is 0 Å². The largest absolute Gasteiger partial charge is 0.383 e. The van der Waals surface area contributed by atoms with Gasteiger partial charge in [-0.2, -0.15) is 0 Å². The molecular weight excluding hydrogens is 219 g/mol. The number of methoxy groups -OCH3 is 1. The molecule has 1 N–H and O–H groups in total. The summed E-state index contributed by atoms with van der Waals surface area (Å²) in [4.78, 5) is 0. The quantitative estimate of drug-likeness (QED) is 0.598. The maximum atomic E-state index is 13.1. The van der Waals surface area contributed by atoms with Gasteiger partial charge in [0.2, 0.25) is 0 Å². The van der Waals surface area contributed by atoms with Crippen LogP contribution in [0.15, 0.2) is 12.1 Å². The lowest BCUT2D eigenvalue weighted by atomic mass is 10.1. The molecule has 0 spiro atoms. The van der Waals surface area contributed by atoms with Gasteiger partial charge in [0.25, 0.3) is 0 Å². The minimum absolute atomic E-state index is 0.170. The normalized spacial score (nSPS) is 10.8. The number of benzene rings is 1. The fourth-order valence-electron chi connectivity index (χ4n) is 1.28. The predicted molar refractivity (Wildman–Crippen MR) is 54.8 cm³/mol. The molecule has 0 atom stereocenters. The number of ether oxygens (including phenoxy) is 1. The third-order valence-corrected chi connectivity index (χ3v) is 2.14. The van der Waals surface area contributed by atoms with Gasteiger partial charge in [-0.25, -0.2) is 13.2 Å². The zero-order valence-corrected chi connectivity index (χ0v) is 9.03. The van der Waals surface area contributed by atoms with E-state index in [1.54, 1.807) is 7.11 Å². The number of hydrogen-bond donors (Lipinski definition) is 1. The zero-order valence-electron chi connectivity index (χ0n) is 9.03. The van der Waals surface area contributed by atoms with Gasteiger partial charge in [-0.15, -0.1) is 0 Å². The van der Waals surface area contributed by atoms with Gasteiger partial charge in [-0.3, -0.25) is 0 Å². The summed E-state index contributed by atoms with van der Waals surface area (Å²) in [6, 6.07) is 1.46. The van der Waals surface area contributed by atoms with E-state index in [4.69, 9.17) is 4.74 Å². The SMILES string of the molecule is COCCNCCc1cc(F)c(F)cc1F. The van der Waals surface area contributed by atoms with Crippen molar-refractivity contribution >= 4 is 0 Å². The van der Waals surface area contributed by atoms with Crippen LogP contribution in [0.1, 0.15) is 5.56 Å². The van der Waals surface area contributed by atoms with Crippen molar-refractivity contribution in [1.29, 1.82) is 0 Å². The Balaban J connectivity index is 2.45. The van der Waals surface area contributed by atoms with Crippen LogP contribution in [-0.4, -0.2) is 26.8 Å².